The Hall–Kier alpha value is -1.80. The van der Waals surface area contributed by atoms with Crippen molar-refractivity contribution >= 4 is 29.5 Å². The van der Waals surface area contributed by atoms with Gasteiger partial charge in [-0.1, -0.05) is 6.92 Å². The number of terminal acetylenes is 1. The smallest absolute Gasteiger partial charge is 0.222 e. The highest BCUT2D eigenvalue weighted by Gasteiger charge is 2.12. The third kappa shape index (κ3) is 17.6. The van der Waals surface area contributed by atoms with Crippen LogP contribution in [0.5, 0.6) is 0 Å². The van der Waals surface area contributed by atoms with Crippen molar-refractivity contribution in [2.24, 2.45) is 0 Å². The molecule has 31 heavy (non-hydrogen) atoms. The number of rotatable bonds is 19. The second kappa shape index (κ2) is 20.1. The summed E-state index contributed by atoms with van der Waals surface area (Å²) in [5, 5.41) is 23.3. The van der Waals surface area contributed by atoms with Crippen LogP contribution in [0.3, 0.4) is 0 Å². The Balaban J connectivity index is 3.88. The van der Waals surface area contributed by atoms with Crippen LogP contribution in [0.2, 0.25) is 0 Å². The number of aliphatic hydroxyl groups excluding tert-OH is 2. The number of unbranched alkanes of at least 4 members (excludes halogenated alkanes) is 1. The first-order valence-electron chi connectivity index (χ1n) is 10.6. The minimum absolute atomic E-state index is 0.0324. The topological polar surface area (TPSA) is 128 Å². The van der Waals surface area contributed by atoms with Gasteiger partial charge in [0.1, 0.15) is 6.10 Å². The Bertz CT molecular complexity index is 556. The van der Waals surface area contributed by atoms with Gasteiger partial charge in [0.2, 0.25) is 17.7 Å². The van der Waals surface area contributed by atoms with Crippen molar-refractivity contribution in [2.75, 3.05) is 57.5 Å². The molecule has 0 radical (unpaired) electrons. The van der Waals surface area contributed by atoms with Crippen molar-refractivity contribution in [3.8, 4) is 12.3 Å². The average Bonchev–Trinajstić information content (AvgIpc) is 2.76. The van der Waals surface area contributed by atoms with E-state index in [4.69, 9.17) is 21.4 Å². The Morgan fingerprint density at radius 2 is 1.84 bits per heavy atom. The average molecular weight is 460 g/mol. The summed E-state index contributed by atoms with van der Waals surface area (Å²) >= 11 is 1.59. The minimum atomic E-state index is -0.901. The number of hydrogen-bond donors (Lipinski definition) is 4. The number of aliphatic hydroxyl groups is 2. The quantitative estimate of drug-likeness (QED) is 0.155. The number of ether oxygens (including phenoxy) is 1. The lowest BCUT2D eigenvalue weighted by Crippen LogP contribution is -2.39. The van der Waals surface area contributed by atoms with Gasteiger partial charge in [0.05, 0.1) is 19.8 Å². The lowest BCUT2D eigenvalue weighted by atomic mass is 10.2. The molecule has 0 saturated carbocycles. The van der Waals surface area contributed by atoms with Gasteiger partial charge in [-0.2, -0.15) is 11.8 Å². The van der Waals surface area contributed by atoms with E-state index in [-0.39, 0.29) is 37.5 Å². The van der Waals surface area contributed by atoms with Gasteiger partial charge in [-0.25, -0.2) is 0 Å². The van der Waals surface area contributed by atoms with Gasteiger partial charge in [0.25, 0.3) is 0 Å². The second-order valence-corrected chi connectivity index (χ2v) is 7.99. The van der Waals surface area contributed by atoms with Crippen LogP contribution in [0.25, 0.3) is 0 Å². The molecule has 0 spiro atoms. The van der Waals surface area contributed by atoms with E-state index in [1.165, 1.54) is 0 Å². The van der Waals surface area contributed by atoms with Crippen molar-refractivity contribution in [1.29, 1.82) is 0 Å². The Morgan fingerprint density at radius 1 is 1.13 bits per heavy atom. The molecule has 9 nitrogen and oxygen atoms in total. The molecule has 0 heterocycles. The van der Waals surface area contributed by atoms with Crippen LogP contribution in [0.1, 0.15) is 39.0 Å². The Morgan fingerprint density at radius 3 is 2.52 bits per heavy atom. The lowest BCUT2D eigenvalue weighted by Gasteiger charge is -2.22. The zero-order valence-electron chi connectivity index (χ0n) is 18.4. The van der Waals surface area contributed by atoms with E-state index >= 15 is 0 Å². The maximum absolute atomic E-state index is 12.1. The number of nitrogens with one attached hydrogen (secondary N) is 2. The number of thioether (sulfide) groups is 1. The highest BCUT2D eigenvalue weighted by Crippen LogP contribution is 2.05. The van der Waals surface area contributed by atoms with E-state index in [1.54, 1.807) is 23.6 Å². The maximum Gasteiger partial charge on any atom is 0.222 e. The molecule has 0 aromatic heterocycles. The van der Waals surface area contributed by atoms with Gasteiger partial charge in [0.15, 0.2) is 0 Å². The highest BCUT2D eigenvalue weighted by atomic mass is 32.2. The van der Waals surface area contributed by atoms with Crippen LogP contribution in [0.4, 0.5) is 0 Å². The van der Waals surface area contributed by atoms with Gasteiger partial charge in [-0.05, 0) is 6.42 Å². The third-order valence-corrected chi connectivity index (χ3v) is 5.12. The van der Waals surface area contributed by atoms with E-state index in [0.29, 0.717) is 69.8 Å². The van der Waals surface area contributed by atoms with Gasteiger partial charge in [-0.3, -0.25) is 14.4 Å². The SMILES string of the molecule is C#CCCCC(=O)NCCN(CCSCCC(=O)NCCOCC(O)CO)C(=O)CC. The molecule has 0 aromatic rings. The van der Waals surface area contributed by atoms with Crippen molar-refractivity contribution in [1.82, 2.24) is 15.5 Å². The molecule has 0 aliphatic heterocycles. The first kappa shape index (κ1) is 29.2. The van der Waals surface area contributed by atoms with Crippen LogP contribution in [-0.2, 0) is 19.1 Å². The first-order chi connectivity index (χ1) is 14.9. The molecule has 0 rings (SSSR count). The number of hydrogen-bond acceptors (Lipinski definition) is 7. The van der Waals surface area contributed by atoms with Crippen LogP contribution in [0, 0.1) is 12.3 Å². The van der Waals surface area contributed by atoms with Crippen molar-refractivity contribution in [2.45, 2.75) is 45.1 Å². The van der Waals surface area contributed by atoms with Crippen LogP contribution in [0.15, 0.2) is 0 Å². The molecule has 3 amide bonds. The van der Waals surface area contributed by atoms with Crippen molar-refractivity contribution in [3.05, 3.63) is 0 Å². The molecule has 0 fully saturated rings. The summed E-state index contributed by atoms with van der Waals surface area (Å²) in [5.41, 5.74) is 0. The highest BCUT2D eigenvalue weighted by molar-refractivity contribution is 7.99. The van der Waals surface area contributed by atoms with Gasteiger partial charge in [0, 0.05) is 63.4 Å². The monoisotopic (exact) mass is 459 g/mol. The largest absolute Gasteiger partial charge is 0.394 e. The first-order valence-corrected chi connectivity index (χ1v) is 11.8. The van der Waals surface area contributed by atoms with Gasteiger partial charge >= 0.3 is 0 Å². The summed E-state index contributed by atoms with van der Waals surface area (Å²) in [6, 6.07) is 0. The lowest BCUT2D eigenvalue weighted by molar-refractivity contribution is -0.131. The normalized spacial score (nSPS) is 11.4. The molecule has 0 saturated heterocycles. The Kier molecular flexibility index (Phi) is 19.0. The third-order valence-electron chi connectivity index (χ3n) is 4.15. The molecule has 4 N–H and O–H groups in total. The predicted octanol–water partition coefficient (Wildman–Crippen LogP) is -0.246. The van der Waals surface area contributed by atoms with E-state index < -0.39 is 6.10 Å². The van der Waals surface area contributed by atoms with E-state index in [1.807, 2.05) is 0 Å². The van der Waals surface area contributed by atoms with Crippen LogP contribution < -0.4 is 10.6 Å². The van der Waals surface area contributed by atoms with Gasteiger partial charge < -0.3 is 30.5 Å². The number of carbonyl (C=O) groups excluding carboxylic acids is 3. The number of nitrogens with zero attached hydrogens (tertiary/aromatic N) is 1. The van der Waals surface area contributed by atoms with Crippen molar-refractivity contribution < 1.29 is 29.3 Å². The summed E-state index contributed by atoms with van der Waals surface area (Å²) in [5.74, 6) is 3.72. The standard InChI is InChI=1S/C21H37N3O6S/c1-3-5-6-7-19(27)22-9-11-24(21(29)4-2)12-15-31-14-8-20(28)23-10-13-30-17-18(26)16-25/h1,18,25-26H,4-17H2,2H3,(H,22,27)(H,23,28). The summed E-state index contributed by atoms with van der Waals surface area (Å²) in [6.07, 6.45) is 6.65. The molecular formula is C21H37N3O6S. The number of amides is 3. The fourth-order valence-electron chi connectivity index (χ4n) is 2.42. The zero-order valence-corrected chi connectivity index (χ0v) is 19.3. The van der Waals surface area contributed by atoms with E-state index in [0.717, 1.165) is 0 Å². The summed E-state index contributed by atoms with van der Waals surface area (Å²) in [7, 11) is 0. The summed E-state index contributed by atoms with van der Waals surface area (Å²) in [6.45, 7) is 3.52. The Labute approximate surface area is 189 Å². The maximum atomic E-state index is 12.1. The molecular weight excluding hydrogens is 422 g/mol. The molecule has 0 aliphatic carbocycles. The number of carbonyl (C=O) groups is 3. The van der Waals surface area contributed by atoms with Crippen LogP contribution >= 0.6 is 11.8 Å². The zero-order chi connectivity index (χ0) is 23.3. The van der Waals surface area contributed by atoms with E-state index in [9.17, 15) is 14.4 Å². The molecule has 178 valence electrons. The molecule has 10 heteroatoms. The predicted molar refractivity (Wildman–Crippen MR) is 121 cm³/mol. The second-order valence-electron chi connectivity index (χ2n) is 6.77. The minimum Gasteiger partial charge on any atom is -0.394 e. The van der Waals surface area contributed by atoms with Crippen LogP contribution in [-0.4, -0.2) is 96.4 Å². The summed E-state index contributed by atoms with van der Waals surface area (Å²) < 4.78 is 5.11. The van der Waals surface area contributed by atoms with Crippen molar-refractivity contribution in [3.63, 3.8) is 0 Å². The summed E-state index contributed by atoms with van der Waals surface area (Å²) in [4.78, 5) is 37.3. The van der Waals surface area contributed by atoms with E-state index in [2.05, 4.69) is 16.6 Å². The molecule has 1 atom stereocenters. The molecule has 0 aromatic carbocycles. The molecule has 0 aliphatic rings. The fraction of sp³-hybridized carbons (Fsp3) is 0.762. The molecule has 1 unspecified atom stereocenters. The fourth-order valence-corrected chi connectivity index (χ4v) is 3.30. The van der Waals surface area contributed by atoms with Gasteiger partial charge in [-0.15, -0.1) is 12.3 Å². The molecule has 0 bridgehead atoms.